The summed E-state index contributed by atoms with van der Waals surface area (Å²) in [5.74, 6) is 0. The van der Waals surface area contributed by atoms with E-state index in [1.54, 1.807) is 31.4 Å². The number of thiophene rings is 1. The molecule has 0 fully saturated rings. The molecule has 0 saturated heterocycles. The Hall–Kier alpha value is -0.140. The van der Waals surface area contributed by atoms with Crippen LogP contribution < -0.4 is 10.5 Å². The molecule has 0 saturated carbocycles. The molecule has 0 unspecified atom stereocenters. The molecule has 0 aromatic carbocycles. The second kappa shape index (κ2) is 5.27. The highest BCUT2D eigenvalue weighted by atomic mass is 35.5. The normalized spacial score (nSPS) is 12.2. The fraction of sp³-hybridized carbons (Fsp3) is 0.500. The van der Waals surface area contributed by atoms with Crippen molar-refractivity contribution in [3.63, 3.8) is 0 Å². The lowest BCUT2D eigenvalue weighted by atomic mass is 10.1. The number of halogens is 1. The van der Waals surface area contributed by atoms with Crippen LogP contribution in [0.3, 0.4) is 0 Å². The molecule has 15 heavy (non-hydrogen) atoms. The zero-order valence-electron chi connectivity index (χ0n) is 8.56. The van der Waals surface area contributed by atoms with Gasteiger partial charge in [0.05, 0.1) is 0 Å². The van der Waals surface area contributed by atoms with Gasteiger partial charge in [0, 0.05) is 12.1 Å². The minimum absolute atomic E-state index is 0. The van der Waals surface area contributed by atoms with E-state index in [0.717, 1.165) is 0 Å². The van der Waals surface area contributed by atoms with Gasteiger partial charge < -0.3 is 5.73 Å². The Morgan fingerprint density at radius 2 is 2.13 bits per heavy atom. The van der Waals surface area contributed by atoms with Crippen LogP contribution in [0.2, 0.25) is 0 Å². The van der Waals surface area contributed by atoms with E-state index < -0.39 is 15.6 Å². The Balaban J connectivity index is 0.00000196. The summed E-state index contributed by atoms with van der Waals surface area (Å²) in [5, 5.41) is 1.73. The van der Waals surface area contributed by atoms with Crippen LogP contribution in [0.1, 0.15) is 13.8 Å². The quantitative estimate of drug-likeness (QED) is 0.863. The summed E-state index contributed by atoms with van der Waals surface area (Å²) in [6, 6.07) is 3.27. The fourth-order valence-corrected chi connectivity index (χ4v) is 3.29. The maximum atomic E-state index is 11.7. The lowest BCUT2D eigenvalue weighted by molar-refractivity contribution is 0.463. The summed E-state index contributed by atoms with van der Waals surface area (Å²) in [7, 11) is -3.40. The van der Waals surface area contributed by atoms with Crippen LogP contribution in [-0.2, 0) is 10.0 Å². The molecular weight excluding hydrogens is 256 g/mol. The van der Waals surface area contributed by atoms with Crippen LogP contribution >= 0.6 is 23.7 Å². The average Bonchev–Trinajstić information content (AvgIpc) is 2.54. The van der Waals surface area contributed by atoms with Crippen molar-refractivity contribution in [1.82, 2.24) is 4.72 Å². The van der Waals surface area contributed by atoms with Gasteiger partial charge in [-0.1, -0.05) is 6.07 Å². The van der Waals surface area contributed by atoms with Crippen molar-refractivity contribution in [2.24, 2.45) is 5.73 Å². The molecule has 0 aliphatic heterocycles. The Morgan fingerprint density at radius 3 is 2.53 bits per heavy atom. The van der Waals surface area contributed by atoms with E-state index in [4.69, 9.17) is 5.73 Å². The SMILES string of the molecule is CC(C)(CN)NS(=O)(=O)c1cccs1.Cl. The highest BCUT2D eigenvalue weighted by molar-refractivity contribution is 7.91. The van der Waals surface area contributed by atoms with Gasteiger partial charge in [-0.3, -0.25) is 0 Å². The summed E-state index contributed by atoms with van der Waals surface area (Å²) in [4.78, 5) is 0. The molecule has 0 bridgehead atoms. The summed E-state index contributed by atoms with van der Waals surface area (Å²) >= 11 is 1.19. The number of hydrogen-bond donors (Lipinski definition) is 2. The van der Waals surface area contributed by atoms with Gasteiger partial charge in [0.2, 0.25) is 0 Å². The third kappa shape index (κ3) is 4.08. The first kappa shape index (κ1) is 14.9. The number of hydrogen-bond acceptors (Lipinski definition) is 4. The molecule has 7 heteroatoms. The Bertz CT molecular complexity index is 387. The van der Waals surface area contributed by atoms with Crippen LogP contribution in [0.25, 0.3) is 0 Å². The van der Waals surface area contributed by atoms with Crippen LogP contribution in [0, 0.1) is 0 Å². The van der Waals surface area contributed by atoms with E-state index in [1.807, 2.05) is 0 Å². The molecule has 0 spiro atoms. The number of sulfonamides is 1. The van der Waals surface area contributed by atoms with Gasteiger partial charge in [0.25, 0.3) is 10.0 Å². The molecule has 1 heterocycles. The predicted molar refractivity (Wildman–Crippen MR) is 65.0 cm³/mol. The third-order valence-electron chi connectivity index (χ3n) is 1.68. The van der Waals surface area contributed by atoms with E-state index in [-0.39, 0.29) is 19.0 Å². The molecule has 1 aromatic rings. The van der Waals surface area contributed by atoms with Crippen LogP contribution in [0.5, 0.6) is 0 Å². The summed E-state index contributed by atoms with van der Waals surface area (Å²) < 4.78 is 26.3. The van der Waals surface area contributed by atoms with Crippen LogP contribution in [-0.4, -0.2) is 20.5 Å². The minimum Gasteiger partial charge on any atom is -0.329 e. The van der Waals surface area contributed by atoms with Gasteiger partial charge in [0.1, 0.15) is 4.21 Å². The molecule has 0 radical (unpaired) electrons. The molecule has 0 aliphatic rings. The zero-order valence-corrected chi connectivity index (χ0v) is 11.0. The monoisotopic (exact) mass is 270 g/mol. The molecule has 0 aliphatic carbocycles. The molecule has 4 nitrogen and oxygen atoms in total. The van der Waals surface area contributed by atoms with Gasteiger partial charge in [-0.05, 0) is 25.3 Å². The highest BCUT2D eigenvalue weighted by Crippen LogP contribution is 2.17. The first-order valence-electron chi connectivity index (χ1n) is 4.15. The van der Waals surface area contributed by atoms with Crippen molar-refractivity contribution in [2.45, 2.75) is 23.6 Å². The largest absolute Gasteiger partial charge is 0.329 e. The molecule has 3 N–H and O–H groups in total. The topological polar surface area (TPSA) is 72.2 Å². The Labute approximate surface area is 100 Å². The second-order valence-corrected chi connectivity index (χ2v) is 6.48. The summed E-state index contributed by atoms with van der Waals surface area (Å²) in [6.07, 6.45) is 0. The first-order valence-corrected chi connectivity index (χ1v) is 6.51. The number of nitrogens with one attached hydrogen (secondary N) is 1. The van der Waals surface area contributed by atoms with Gasteiger partial charge in [0.15, 0.2) is 0 Å². The lowest BCUT2D eigenvalue weighted by Crippen LogP contribution is -2.48. The smallest absolute Gasteiger partial charge is 0.250 e. The van der Waals surface area contributed by atoms with E-state index in [1.165, 1.54) is 11.3 Å². The summed E-state index contributed by atoms with van der Waals surface area (Å²) in [6.45, 7) is 3.76. The van der Waals surface area contributed by atoms with Gasteiger partial charge in [-0.15, -0.1) is 23.7 Å². The molecular formula is C8H15ClN2O2S2. The van der Waals surface area contributed by atoms with Crippen molar-refractivity contribution >= 4 is 33.8 Å². The van der Waals surface area contributed by atoms with Crippen LogP contribution in [0.15, 0.2) is 21.7 Å². The Kier molecular flexibility index (Phi) is 5.22. The van der Waals surface area contributed by atoms with Crippen molar-refractivity contribution < 1.29 is 8.42 Å². The standard InChI is InChI=1S/C8H14N2O2S2.ClH/c1-8(2,6-9)10-14(11,12)7-4-3-5-13-7;/h3-5,10H,6,9H2,1-2H3;1H. The van der Waals surface area contributed by atoms with E-state index >= 15 is 0 Å². The first-order chi connectivity index (χ1) is 6.37. The maximum absolute atomic E-state index is 11.7. The van der Waals surface area contributed by atoms with Crippen molar-refractivity contribution in [3.05, 3.63) is 17.5 Å². The second-order valence-electron chi connectivity index (χ2n) is 3.63. The fourth-order valence-electron chi connectivity index (χ4n) is 0.872. The molecule has 1 aromatic heterocycles. The summed E-state index contributed by atoms with van der Waals surface area (Å²) in [5.41, 5.74) is 4.84. The minimum atomic E-state index is -3.40. The van der Waals surface area contributed by atoms with Crippen molar-refractivity contribution in [1.29, 1.82) is 0 Å². The predicted octanol–water partition coefficient (Wildman–Crippen LogP) is 1.19. The van der Waals surface area contributed by atoms with E-state index in [2.05, 4.69) is 4.72 Å². The molecule has 0 amide bonds. The van der Waals surface area contributed by atoms with Crippen LogP contribution in [0.4, 0.5) is 0 Å². The lowest BCUT2D eigenvalue weighted by Gasteiger charge is -2.23. The molecule has 1 rings (SSSR count). The molecule has 88 valence electrons. The van der Waals surface area contributed by atoms with E-state index in [0.29, 0.717) is 4.21 Å². The zero-order chi connectivity index (χ0) is 10.8. The van der Waals surface area contributed by atoms with Crippen molar-refractivity contribution in [3.8, 4) is 0 Å². The van der Waals surface area contributed by atoms with Crippen molar-refractivity contribution in [2.75, 3.05) is 6.54 Å². The van der Waals surface area contributed by atoms with Gasteiger partial charge in [-0.2, -0.15) is 0 Å². The number of rotatable bonds is 4. The Morgan fingerprint density at radius 1 is 1.53 bits per heavy atom. The van der Waals surface area contributed by atoms with Gasteiger partial charge >= 0.3 is 0 Å². The van der Waals surface area contributed by atoms with E-state index in [9.17, 15) is 8.42 Å². The van der Waals surface area contributed by atoms with Gasteiger partial charge in [-0.25, -0.2) is 13.1 Å². The number of nitrogens with two attached hydrogens (primary N) is 1. The average molecular weight is 271 g/mol. The maximum Gasteiger partial charge on any atom is 0.250 e. The molecule has 0 atom stereocenters. The highest BCUT2D eigenvalue weighted by Gasteiger charge is 2.25. The third-order valence-corrected chi connectivity index (χ3v) is 4.78.